The Morgan fingerprint density at radius 3 is 2.79 bits per heavy atom. The zero-order valence-corrected chi connectivity index (χ0v) is 11.7. The van der Waals surface area contributed by atoms with Crippen LogP contribution in [-0.2, 0) is 6.42 Å². The zero-order valence-electron chi connectivity index (χ0n) is 11.7. The van der Waals surface area contributed by atoms with Gasteiger partial charge in [0.15, 0.2) is 0 Å². The van der Waals surface area contributed by atoms with E-state index in [1.165, 1.54) is 12.8 Å². The van der Waals surface area contributed by atoms with Crippen LogP contribution in [0, 0.1) is 12.3 Å². The number of carbonyl (C=O) groups is 1. The normalized spacial score (nSPS) is 16.2. The average molecular weight is 262 g/mol. The molecule has 1 aromatic heterocycles. The Kier molecular flexibility index (Phi) is 4.14. The highest BCUT2D eigenvalue weighted by atomic mass is 16.1. The van der Waals surface area contributed by atoms with Crippen LogP contribution in [0.1, 0.15) is 47.9 Å². The summed E-state index contributed by atoms with van der Waals surface area (Å²) >= 11 is 0. The lowest BCUT2D eigenvalue weighted by atomic mass is 10.0. The van der Waals surface area contributed by atoms with Crippen molar-refractivity contribution in [3.05, 3.63) is 23.0 Å². The Morgan fingerprint density at radius 1 is 1.47 bits per heavy atom. The number of rotatable bonds is 6. The number of nitrogens with zero attached hydrogens (tertiary/aromatic N) is 2. The molecule has 0 unspecified atom stereocenters. The van der Waals surface area contributed by atoms with Crippen molar-refractivity contribution in [2.75, 3.05) is 13.1 Å². The van der Waals surface area contributed by atoms with Crippen LogP contribution in [-0.4, -0.2) is 29.2 Å². The predicted octanol–water partition coefficient (Wildman–Crippen LogP) is 1.21. The van der Waals surface area contributed by atoms with Crippen LogP contribution in [0.5, 0.6) is 0 Å². The van der Waals surface area contributed by atoms with Crippen LogP contribution < -0.4 is 11.1 Å². The lowest BCUT2D eigenvalue weighted by Crippen LogP contribution is -2.32. The van der Waals surface area contributed by atoms with Gasteiger partial charge in [0.2, 0.25) is 0 Å². The topological polar surface area (TPSA) is 80.9 Å². The lowest BCUT2D eigenvalue weighted by Gasteiger charge is -2.15. The van der Waals surface area contributed by atoms with Gasteiger partial charge in [0.1, 0.15) is 0 Å². The van der Waals surface area contributed by atoms with Crippen LogP contribution in [0.4, 0.5) is 0 Å². The molecule has 1 amide bonds. The van der Waals surface area contributed by atoms with Gasteiger partial charge >= 0.3 is 0 Å². The molecule has 5 nitrogen and oxygen atoms in total. The molecule has 0 aliphatic heterocycles. The van der Waals surface area contributed by atoms with Crippen molar-refractivity contribution in [2.24, 2.45) is 11.1 Å². The fraction of sp³-hybridized carbons (Fsp3) is 0.643. The van der Waals surface area contributed by atoms with Gasteiger partial charge in [-0.05, 0) is 50.6 Å². The molecule has 5 heteroatoms. The van der Waals surface area contributed by atoms with Gasteiger partial charge in [0.05, 0.1) is 17.0 Å². The maximum absolute atomic E-state index is 12.2. The molecule has 19 heavy (non-hydrogen) atoms. The first-order chi connectivity index (χ1) is 9.10. The Morgan fingerprint density at radius 2 is 2.21 bits per heavy atom. The summed E-state index contributed by atoms with van der Waals surface area (Å²) in [7, 11) is 0. The van der Waals surface area contributed by atoms with Crippen molar-refractivity contribution in [3.8, 4) is 0 Å². The third-order valence-electron chi connectivity index (χ3n) is 3.83. The van der Waals surface area contributed by atoms with E-state index in [2.05, 4.69) is 15.5 Å². The number of aromatic nitrogens is 2. The van der Waals surface area contributed by atoms with Crippen molar-refractivity contribution in [2.45, 2.75) is 39.5 Å². The Bertz CT molecular complexity index is 469. The largest absolute Gasteiger partial charge is 0.351 e. The van der Waals surface area contributed by atoms with Gasteiger partial charge in [-0.15, -0.1) is 0 Å². The summed E-state index contributed by atoms with van der Waals surface area (Å²) in [5, 5.41) is 11.1. The van der Waals surface area contributed by atoms with Gasteiger partial charge in [0.25, 0.3) is 5.91 Å². The number of hydrogen-bond donors (Lipinski definition) is 2. The second kappa shape index (κ2) is 5.65. The van der Waals surface area contributed by atoms with E-state index >= 15 is 0 Å². The molecule has 0 bridgehead atoms. The van der Waals surface area contributed by atoms with Crippen LogP contribution in [0.2, 0.25) is 0 Å². The smallest absolute Gasteiger partial charge is 0.253 e. The first-order valence-electron chi connectivity index (χ1n) is 6.92. The molecule has 1 aromatic rings. The maximum atomic E-state index is 12.2. The summed E-state index contributed by atoms with van der Waals surface area (Å²) in [5.41, 5.74) is 8.04. The summed E-state index contributed by atoms with van der Waals surface area (Å²) in [5.74, 6) is -0.0434. The van der Waals surface area contributed by atoms with E-state index in [0.717, 1.165) is 17.8 Å². The third kappa shape index (κ3) is 3.29. The molecule has 0 spiro atoms. The van der Waals surface area contributed by atoms with Gasteiger partial charge < -0.3 is 11.1 Å². The number of nitrogens with two attached hydrogens (primary N) is 1. The van der Waals surface area contributed by atoms with E-state index in [9.17, 15) is 4.79 Å². The molecule has 104 valence electrons. The molecule has 0 atom stereocenters. The number of amides is 1. The fourth-order valence-electron chi connectivity index (χ4n) is 2.33. The van der Waals surface area contributed by atoms with E-state index in [0.29, 0.717) is 25.1 Å². The molecule has 1 saturated carbocycles. The summed E-state index contributed by atoms with van der Waals surface area (Å²) in [6.45, 7) is 5.23. The van der Waals surface area contributed by atoms with Crippen LogP contribution >= 0.6 is 0 Å². The number of hydrogen-bond acceptors (Lipinski definition) is 4. The van der Waals surface area contributed by atoms with Gasteiger partial charge in [0, 0.05) is 6.54 Å². The maximum Gasteiger partial charge on any atom is 0.253 e. The van der Waals surface area contributed by atoms with Crippen LogP contribution in [0.15, 0.2) is 6.07 Å². The van der Waals surface area contributed by atoms with E-state index in [1.54, 1.807) is 0 Å². The number of aryl methyl sites for hydroxylation is 2. The van der Waals surface area contributed by atoms with Gasteiger partial charge in [-0.25, -0.2) is 0 Å². The lowest BCUT2D eigenvalue weighted by molar-refractivity contribution is 0.0942. The highest BCUT2D eigenvalue weighted by Gasteiger charge is 2.41. The minimum atomic E-state index is -0.0434. The quantitative estimate of drug-likeness (QED) is 0.807. The molecule has 1 heterocycles. The van der Waals surface area contributed by atoms with E-state index in [-0.39, 0.29) is 11.3 Å². The molecule has 0 aromatic carbocycles. The summed E-state index contributed by atoms with van der Waals surface area (Å²) in [4.78, 5) is 12.2. The van der Waals surface area contributed by atoms with Crippen molar-refractivity contribution >= 4 is 5.91 Å². The van der Waals surface area contributed by atoms with Gasteiger partial charge in [-0.2, -0.15) is 10.2 Å². The average Bonchev–Trinajstić information content (AvgIpc) is 3.17. The molecule has 0 saturated heterocycles. The SMILES string of the molecule is CCc1nnc(C)cc1C(=O)NCC1(CCN)CC1. The predicted molar refractivity (Wildman–Crippen MR) is 73.8 cm³/mol. The number of carbonyl (C=O) groups excluding carboxylic acids is 1. The Hall–Kier alpha value is -1.49. The highest BCUT2D eigenvalue weighted by molar-refractivity contribution is 5.95. The number of nitrogens with one attached hydrogen (secondary N) is 1. The Labute approximate surface area is 114 Å². The molecular formula is C14H22N4O. The van der Waals surface area contributed by atoms with E-state index < -0.39 is 0 Å². The highest BCUT2D eigenvalue weighted by Crippen LogP contribution is 2.47. The van der Waals surface area contributed by atoms with Crippen molar-refractivity contribution in [1.82, 2.24) is 15.5 Å². The minimum absolute atomic E-state index is 0.0434. The molecule has 1 aliphatic rings. The standard InChI is InChI=1S/C14H22N4O/c1-3-12-11(8-10(2)17-18-12)13(19)16-9-14(4-5-14)6-7-15/h8H,3-7,9,15H2,1-2H3,(H,16,19). The molecule has 2 rings (SSSR count). The minimum Gasteiger partial charge on any atom is -0.351 e. The van der Waals surface area contributed by atoms with Crippen LogP contribution in [0.25, 0.3) is 0 Å². The monoisotopic (exact) mass is 262 g/mol. The van der Waals surface area contributed by atoms with Crippen molar-refractivity contribution in [3.63, 3.8) is 0 Å². The molecule has 0 radical (unpaired) electrons. The third-order valence-corrected chi connectivity index (χ3v) is 3.83. The second-order valence-corrected chi connectivity index (χ2v) is 5.42. The first kappa shape index (κ1) is 13.9. The summed E-state index contributed by atoms with van der Waals surface area (Å²) in [6.07, 6.45) is 4.03. The first-order valence-corrected chi connectivity index (χ1v) is 6.92. The molecule has 3 N–H and O–H groups in total. The zero-order chi connectivity index (χ0) is 13.9. The van der Waals surface area contributed by atoms with Gasteiger partial charge in [-0.3, -0.25) is 4.79 Å². The summed E-state index contributed by atoms with van der Waals surface area (Å²) < 4.78 is 0. The van der Waals surface area contributed by atoms with Crippen LogP contribution in [0.3, 0.4) is 0 Å². The van der Waals surface area contributed by atoms with Gasteiger partial charge in [-0.1, -0.05) is 6.92 Å². The van der Waals surface area contributed by atoms with Crippen molar-refractivity contribution < 1.29 is 4.79 Å². The molecule has 1 fully saturated rings. The van der Waals surface area contributed by atoms with E-state index in [4.69, 9.17) is 5.73 Å². The molecule has 1 aliphatic carbocycles. The fourth-order valence-corrected chi connectivity index (χ4v) is 2.33. The second-order valence-electron chi connectivity index (χ2n) is 5.42. The van der Waals surface area contributed by atoms with Crippen molar-refractivity contribution in [1.29, 1.82) is 0 Å². The summed E-state index contributed by atoms with van der Waals surface area (Å²) in [6, 6.07) is 1.81. The Balaban J connectivity index is 2.02. The van der Waals surface area contributed by atoms with E-state index in [1.807, 2.05) is 19.9 Å². The molecular weight excluding hydrogens is 240 g/mol.